The lowest BCUT2D eigenvalue weighted by Crippen LogP contribution is -2.48. The Morgan fingerprint density at radius 1 is 1.29 bits per heavy atom. The third-order valence-corrected chi connectivity index (χ3v) is 4.46. The number of hydrogen-bond donors (Lipinski definition) is 0. The molecule has 17 heavy (non-hydrogen) atoms. The van der Waals surface area contributed by atoms with Crippen LogP contribution in [-0.4, -0.2) is 33.1 Å². The third-order valence-electron chi connectivity index (χ3n) is 2.69. The number of carbonyl (C=O) groups excluding carboxylic acids is 2. The molecule has 0 radical (unpaired) electrons. The molecular weight excluding hydrogens is 240 g/mol. The number of ether oxygens (including phenoxy) is 1. The highest BCUT2D eigenvalue weighted by Gasteiger charge is 2.53. The molecule has 4 nitrogen and oxygen atoms in total. The summed E-state index contributed by atoms with van der Waals surface area (Å²) in [7, 11) is -1.60. The molecule has 0 bridgehead atoms. The van der Waals surface area contributed by atoms with Crippen molar-refractivity contribution >= 4 is 22.4 Å². The van der Waals surface area contributed by atoms with Crippen LogP contribution in [0.15, 0.2) is 30.3 Å². The van der Waals surface area contributed by atoms with Crippen molar-refractivity contribution < 1.29 is 18.5 Å². The molecule has 0 saturated carbocycles. The summed E-state index contributed by atoms with van der Waals surface area (Å²) in [6, 6.07) is 8.33. The van der Waals surface area contributed by atoms with Gasteiger partial charge in [-0.25, -0.2) is 0 Å². The lowest BCUT2D eigenvalue weighted by molar-refractivity contribution is -0.127. The number of ketones is 2. The van der Waals surface area contributed by atoms with Gasteiger partial charge < -0.3 is 4.74 Å². The van der Waals surface area contributed by atoms with Gasteiger partial charge in [-0.1, -0.05) is 30.3 Å². The molecular formula is C12H12O4S. The van der Waals surface area contributed by atoms with Crippen LogP contribution in [0, 0.1) is 0 Å². The van der Waals surface area contributed by atoms with Crippen LogP contribution in [0.3, 0.4) is 0 Å². The van der Waals surface area contributed by atoms with Crippen molar-refractivity contribution in [3.63, 3.8) is 0 Å². The van der Waals surface area contributed by atoms with Gasteiger partial charge in [-0.2, -0.15) is 0 Å². The second-order valence-electron chi connectivity index (χ2n) is 3.77. The smallest absolute Gasteiger partial charge is 0.264 e. The molecule has 1 aliphatic rings. The van der Waals surface area contributed by atoms with Gasteiger partial charge in [-0.05, 0) is 6.92 Å². The van der Waals surface area contributed by atoms with Crippen LogP contribution in [0.5, 0.6) is 0 Å². The van der Waals surface area contributed by atoms with Gasteiger partial charge in [0.15, 0.2) is 5.78 Å². The summed E-state index contributed by atoms with van der Waals surface area (Å²) >= 11 is 0. The van der Waals surface area contributed by atoms with E-state index in [1.165, 1.54) is 6.92 Å². The Morgan fingerprint density at radius 2 is 1.94 bits per heavy atom. The van der Waals surface area contributed by atoms with E-state index in [9.17, 15) is 13.8 Å². The number of carbonyl (C=O) groups is 2. The maximum atomic E-state index is 12.3. The zero-order valence-corrected chi connectivity index (χ0v) is 10.2. The molecule has 1 aromatic carbocycles. The quantitative estimate of drug-likeness (QED) is 0.593. The molecule has 2 atom stereocenters. The van der Waals surface area contributed by atoms with E-state index in [4.69, 9.17) is 4.74 Å². The predicted molar refractivity (Wildman–Crippen MR) is 63.1 cm³/mol. The van der Waals surface area contributed by atoms with Crippen molar-refractivity contribution in [2.24, 2.45) is 0 Å². The largest absolute Gasteiger partial charge is 0.348 e. The molecule has 1 aromatic rings. The molecule has 0 spiro atoms. The molecule has 0 amide bonds. The average Bonchev–Trinajstić information content (AvgIpc) is 2.72. The maximum Gasteiger partial charge on any atom is 0.264 e. The van der Waals surface area contributed by atoms with Crippen LogP contribution < -0.4 is 0 Å². The summed E-state index contributed by atoms with van der Waals surface area (Å²) in [5.74, 6) is -0.790. The highest BCUT2D eigenvalue weighted by atomic mass is 32.2. The molecule has 0 aromatic heterocycles. The number of rotatable bonds is 3. The van der Waals surface area contributed by atoms with Crippen LogP contribution in [0.4, 0.5) is 0 Å². The fourth-order valence-corrected chi connectivity index (χ4v) is 3.22. The Kier molecular flexibility index (Phi) is 3.22. The summed E-state index contributed by atoms with van der Waals surface area (Å²) < 4.78 is 17.1. The SMILES string of the molecule is CC(=O)[C@]1(C(=O)c2ccccc2)OCCS1=O. The summed E-state index contributed by atoms with van der Waals surface area (Å²) in [5, 5.41) is 0. The lowest BCUT2D eigenvalue weighted by Gasteiger charge is -2.22. The summed E-state index contributed by atoms with van der Waals surface area (Å²) in [6.45, 7) is 1.41. The highest BCUT2D eigenvalue weighted by Crippen LogP contribution is 2.28. The molecule has 5 heteroatoms. The molecule has 1 heterocycles. The predicted octanol–water partition coefficient (Wildman–Crippen LogP) is 0.933. The zero-order chi connectivity index (χ0) is 12.5. The second kappa shape index (κ2) is 4.50. The van der Waals surface area contributed by atoms with Gasteiger partial charge in [0.25, 0.3) is 4.93 Å². The zero-order valence-electron chi connectivity index (χ0n) is 9.34. The van der Waals surface area contributed by atoms with E-state index >= 15 is 0 Å². The van der Waals surface area contributed by atoms with E-state index in [1.807, 2.05) is 0 Å². The van der Waals surface area contributed by atoms with Crippen LogP contribution >= 0.6 is 0 Å². The Balaban J connectivity index is 2.46. The van der Waals surface area contributed by atoms with Crippen molar-refractivity contribution in [1.82, 2.24) is 0 Å². The Morgan fingerprint density at radius 3 is 2.41 bits per heavy atom. The van der Waals surface area contributed by atoms with Crippen LogP contribution in [0.25, 0.3) is 0 Å². The third kappa shape index (κ3) is 1.85. The lowest BCUT2D eigenvalue weighted by atomic mass is 10.0. The normalized spacial score (nSPS) is 27.9. The fraction of sp³-hybridized carbons (Fsp3) is 0.333. The Labute approximate surface area is 101 Å². The fourth-order valence-electron chi connectivity index (χ4n) is 1.84. The van der Waals surface area contributed by atoms with Gasteiger partial charge >= 0.3 is 0 Å². The monoisotopic (exact) mass is 252 g/mol. The molecule has 0 N–H and O–H groups in total. The van der Waals surface area contributed by atoms with E-state index in [1.54, 1.807) is 30.3 Å². The Bertz CT molecular complexity index is 483. The average molecular weight is 252 g/mol. The standard InChI is InChI=1S/C12H12O4S/c1-9(13)12(16-7-8-17(12)15)11(14)10-5-3-2-4-6-10/h2-6H,7-8H2,1H3/t12-,17?/m0/s1. The van der Waals surface area contributed by atoms with Gasteiger partial charge in [0.05, 0.1) is 23.2 Å². The molecule has 90 valence electrons. The minimum atomic E-state index is -1.79. The van der Waals surface area contributed by atoms with Crippen LogP contribution in [0.1, 0.15) is 17.3 Å². The highest BCUT2D eigenvalue weighted by molar-refractivity contribution is 7.88. The maximum absolute atomic E-state index is 12.3. The van der Waals surface area contributed by atoms with Crippen LogP contribution in [-0.2, 0) is 20.3 Å². The van der Waals surface area contributed by atoms with E-state index in [0.29, 0.717) is 5.56 Å². The van der Waals surface area contributed by atoms with Gasteiger partial charge in [-0.3, -0.25) is 13.8 Å². The van der Waals surface area contributed by atoms with Gasteiger partial charge in [0, 0.05) is 5.56 Å². The number of Topliss-reactive ketones (excluding diaryl/α,β-unsaturated/α-hetero) is 2. The molecule has 0 aliphatic carbocycles. The summed E-state index contributed by atoms with van der Waals surface area (Å²) in [4.78, 5) is 22.1. The number of hydrogen-bond acceptors (Lipinski definition) is 4. The summed E-state index contributed by atoms with van der Waals surface area (Å²) in [6.07, 6.45) is 0. The minimum Gasteiger partial charge on any atom is -0.348 e. The first-order chi connectivity index (χ1) is 8.09. The Hall–Kier alpha value is -1.33. The molecule has 1 fully saturated rings. The van der Waals surface area contributed by atoms with E-state index in [-0.39, 0.29) is 12.4 Å². The van der Waals surface area contributed by atoms with Crippen molar-refractivity contribution in [1.29, 1.82) is 0 Å². The van der Waals surface area contributed by atoms with E-state index in [2.05, 4.69) is 0 Å². The second-order valence-corrected chi connectivity index (χ2v) is 5.44. The van der Waals surface area contributed by atoms with Crippen molar-refractivity contribution in [3.05, 3.63) is 35.9 Å². The minimum absolute atomic E-state index is 0.171. The van der Waals surface area contributed by atoms with Crippen LogP contribution in [0.2, 0.25) is 0 Å². The molecule has 2 rings (SSSR count). The first-order valence-electron chi connectivity index (χ1n) is 5.22. The topological polar surface area (TPSA) is 60.4 Å². The van der Waals surface area contributed by atoms with Crippen molar-refractivity contribution in [2.75, 3.05) is 12.4 Å². The first-order valence-corrected chi connectivity index (χ1v) is 6.54. The van der Waals surface area contributed by atoms with E-state index in [0.717, 1.165) is 0 Å². The van der Waals surface area contributed by atoms with Crippen molar-refractivity contribution in [3.8, 4) is 0 Å². The molecule has 1 unspecified atom stereocenters. The van der Waals surface area contributed by atoms with E-state index < -0.39 is 27.3 Å². The van der Waals surface area contributed by atoms with Gasteiger partial charge in [-0.15, -0.1) is 0 Å². The van der Waals surface area contributed by atoms with Gasteiger partial charge in [0.1, 0.15) is 0 Å². The number of benzene rings is 1. The molecule has 1 aliphatic heterocycles. The summed E-state index contributed by atoms with van der Waals surface area (Å²) in [5.41, 5.74) is 0.345. The first kappa shape index (κ1) is 12.1. The molecule has 1 saturated heterocycles. The van der Waals surface area contributed by atoms with Crippen molar-refractivity contribution in [2.45, 2.75) is 11.9 Å². The van der Waals surface area contributed by atoms with Gasteiger partial charge in [0.2, 0.25) is 5.78 Å².